The van der Waals surface area contributed by atoms with Gasteiger partial charge in [0.25, 0.3) is 5.91 Å². The lowest BCUT2D eigenvalue weighted by Gasteiger charge is -2.27. The van der Waals surface area contributed by atoms with Crippen LogP contribution in [0.2, 0.25) is 0 Å². The summed E-state index contributed by atoms with van der Waals surface area (Å²) < 4.78 is 5.14. The average molecular weight is 352 g/mol. The van der Waals surface area contributed by atoms with Crippen LogP contribution in [0.1, 0.15) is 13.3 Å². The Hall–Kier alpha value is -2.86. The van der Waals surface area contributed by atoms with Gasteiger partial charge in [-0.3, -0.25) is 14.4 Å². The predicted molar refractivity (Wildman–Crippen MR) is 96.9 cm³/mol. The molecule has 2 aromatic rings. The second-order valence-electron chi connectivity index (χ2n) is 6.40. The lowest BCUT2D eigenvalue weighted by Crippen LogP contribution is -2.40. The maximum Gasteiger partial charge on any atom is 0.266 e. The van der Waals surface area contributed by atoms with Crippen LogP contribution in [0.4, 0.5) is 11.4 Å². The number of hydrogen-bond donors (Lipinski definition) is 0. The van der Waals surface area contributed by atoms with Gasteiger partial charge in [-0.25, -0.2) is 9.96 Å². The van der Waals surface area contributed by atoms with E-state index in [4.69, 9.17) is 9.57 Å². The van der Waals surface area contributed by atoms with Crippen molar-refractivity contribution in [3.63, 3.8) is 0 Å². The molecule has 0 aliphatic carbocycles. The number of nitrogens with zero attached hydrogens (tertiary/aromatic N) is 2. The van der Waals surface area contributed by atoms with Gasteiger partial charge in [-0.1, -0.05) is 25.1 Å². The predicted octanol–water partition coefficient (Wildman–Crippen LogP) is 2.78. The van der Waals surface area contributed by atoms with Crippen molar-refractivity contribution in [3.8, 4) is 5.75 Å². The van der Waals surface area contributed by atoms with Crippen molar-refractivity contribution >= 4 is 23.2 Å². The van der Waals surface area contributed by atoms with Crippen LogP contribution < -0.4 is 14.7 Å². The molecule has 6 nitrogen and oxygen atoms in total. The van der Waals surface area contributed by atoms with Crippen LogP contribution in [0, 0.1) is 5.92 Å². The quantitative estimate of drug-likeness (QED) is 0.792. The van der Waals surface area contributed by atoms with Gasteiger partial charge < -0.3 is 4.74 Å². The molecule has 2 aliphatic heterocycles. The molecule has 2 saturated heterocycles. The maximum atomic E-state index is 13.1. The molecule has 0 spiro atoms. The summed E-state index contributed by atoms with van der Waals surface area (Å²) in [5, 5.41) is 1.72. The monoisotopic (exact) mass is 352 g/mol. The Bertz CT molecular complexity index is 821. The number of carbonyl (C=O) groups is 2. The summed E-state index contributed by atoms with van der Waals surface area (Å²) in [6.07, 6.45) is -0.0827. The van der Waals surface area contributed by atoms with E-state index in [9.17, 15) is 9.59 Å². The molecule has 2 amide bonds. The summed E-state index contributed by atoms with van der Waals surface area (Å²) in [5.41, 5.74) is 1.39. The largest absolute Gasteiger partial charge is 0.497 e. The van der Waals surface area contributed by atoms with Gasteiger partial charge in [0, 0.05) is 0 Å². The van der Waals surface area contributed by atoms with E-state index in [0.29, 0.717) is 17.9 Å². The Morgan fingerprint density at radius 1 is 0.962 bits per heavy atom. The minimum atomic E-state index is -0.783. The van der Waals surface area contributed by atoms with E-state index < -0.39 is 12.0 Å². The molecule has 0 bridgehead atoms. The van der Waals surface area contributed by atoms with Crippen molar-refractivity contribution in [2.24, 2.45) is 5.92 Å². The van der Waals surface area contributed by atoms with Gasteiger partial charge in [-0.15, -0.1) is 0 Å². The number of anilines is 2. The van der Waals surface area contributed by atoms with Crippen LogP contribution in [0.25, 0.3) is 0 Å². The average Bonchev–Trinajstić information content (AvgIpc) is 3.19. The molecule has 0 N–H and O–H groups in total. The summed E-state index contributed by atoms with van der Waals surface area (Å²) >= 11 is 0. The second-order valence-corrected chi connectivity index (χ2v) is 6.40. The first kappa shape index (κ1) is 16.6. The third-order valence-electron chi connectivity index (χ3n) is 5.00. The van der Waals surface area contributed by atoms with Crippen LogP contribution in [0.3, 0.4) is 0 Å². The molecule has 0 radical (unpaired) electrons. The maximum absolute atomic E-state index is 13.1. The van der Waals surface area contributed by atoms with Crippen molar-refractivity contribution in [1.82, 2.24) is 0 Å². The zero-order chi connectivity index (χ0) is 18.3. The van der Waals surface area contributed by atoms with Gasteiger partial charge in [0.2, 0.25) is 5.91 Å². The van der Waals surface area contributed by atoms with E-state index >= 15 is 0 Å². The number of ether oxygens (including phenoxy) is 1. The highest BCUT2D eigenvalue weighted by atomic mass is 16.7. The number of carbonyl (C=O) groups excluding carboxylic acids is 2. The van der Waals surface area contributed by atoms with Gasteiger partial charge in [0.15, 0.2) is 6.10 Å². The number of rotatable bonds is 4. The molecule has 2 aromatic carbocycles. The van der Waals surface area contributed by atoms with Gasteiger partial charge in [-0.2, -0.15) is 0 Å². The first-order valence-corrected chi connectivity index (χ1v) is 8.68. The van der Waals surface area contributed by atoms with Gasteiger partial charge in [-0.05, 0) is 42.8 Å². The number of fused-ring (bicyclic) bond motifs is 1. The lowest BCUT2D eigenvalue weighted by atomic mass is 9.94. The number of imide groups is 1. The molecular formula is C20H20N2O4. The molecule has 6 heteroatoms. The molecule has 0 aromatic heterocycles. The summed E-state index contributed by atoms with van der Waals surface area (Å²) in [7, 11) is 1.57. The molecule has 0 saturated carbocycles. The fraction of sp³-hybridized carbons (Fsp3) is 0.300. The Balaban J connectivity index is 1.64. The van der Waals surface area contributed by atoms with E-state index in [1.807, 2.05) is 37.3 Å². The first-order valence-electron chi connectivity index (χ1n) is 8.68. The highest BCUT2D eigenvalue weighted by Gasteiger charge is 2.59. The molecule has 3 unspecified atom stereocenters. The second kappa shape index (κ2) is 6.46. The smallest absolute Gasteiger partial charge is 0.266 e. The molecule has 2 fully saturated rings. The van der Waals surface area contributed by atoms with Crippen molar-refractivity contribution in [2.45, 2.75) is 25.5 Å². The first-order chi connectivity index (χ1) is 12.7. The van der Waals surface area contributed by atoms with Crippen LogP contribution >= 0.6 is 0 Å². The normalized spacial score (nSPS) is 24.9. The van der Waals surface area contributed by atoms with Crippen molar-refractivity contribution in [3.05, 3.63) is 54.6 Å². The topological polar surface area (TPSA) is 59.1 Å². The molecule has 4 rings (SSSR count). The Morgan fingerprint density at radius 3 is 2.27 bits per heavy atom. The Labute approximate surface area is 151 Å². The van der Waals surface area contributed by atoms with E-state index in [0.717, 1.165) is 5.69 Å². The number of benzene rings is 2. The summed E-state index contributed by atoms with van der Waals surface area (Å²) in [4.78, 5) is 33.2. The molecule has 26 heavy (non-hydrogen) atoms. The van der Waals surface area contributed by atoms with Gasteiger partial charge >= 0.3 is 0 Å². The highest BCUT2D eigenvalue weighted by molar-refractivity contribution is 6.23. The van der Waals surface area contributed by atoms with Crippen LogP contribution in [-0.4, -0.2) is 31.1 Å². The Morgan fingerprint density at radius 2 is 1.65 bits per heavy atom. The number of methoxy groups -OCH3 is 1. The number of amides is 2. The van der Waals surface area contributed by atoms with E-state index in [1.165, 1.54) is 4.90 Å². The highest BCUT2D eigenvalue weighted by Crippen LogP contribution is 2.41. The molecule has 2 heterocycles. The van der Waals surface area contributed by atoms with Crippen LogP contribution in [-0.2, 0) is 14.4 Å². The zero-order valence-corrected chi connectivity index (χ0v) is 14.7. The Kier molecular flexibility index (Phi) is 4.12. The van der Waals surface area contributed by atoms with Gasteiger partial charge in [0.05, 0.1) is 30.4 Å². The number of para-hydroxylation sites is 1. The lowest BCUT2D eigenvalue weighted by molar-refractivity contribution is -0.126. The summed E-state index contributed by atoms with van der Waals surface area (Å²) in [5.74, 6) is -0.363. The third kappa shape index (κ3) is 2.45. The summed E-state index contributed by atoms with van der Waals surface area (Å²) in [6.45, 7) is 2.00. The van der Waals surface area contributed by atoms with Crippen LogP contribution in [0.5, 0.6) is 5.75 Å². The molecule has 134 valence electrons. The standard InChI is InChI=1S/C20H20N2O4/c1-3-16-17-18(26-22(16)14-7-5-4-6-8-14)20(24)21(19(17)23)13-9-11-15(25-2)12-10-13/h4-12,16-18H,3H2,1-2H3. The zero-order valence-electron chi connectivity index (χ0n) is 14.7. The van der Waals surface area contributed by atoms with Crippen LogP contribution in [0.15, 0.2) is 54.6 Å². The molecular weight excluding hydrogens is 332 g/mol. The molecule has 2 aliphatic rings. The SMILES string of the molecule is CCC1C2C(=O)N(c3ccc(OC)cc3)C(=O)C2ON1c1ccccc1. The van der Waals surface area contributed by atoms with Gasteiger partial charge in [0.1, 0.15) is 5.75 Å². The van der Waals surface area contributed by atoms with Crippen molar-refractivity contribution in [2.75, 3.05) is 17.1 Å². The fourth-order valence-corrected chi connectivity index (χ4v) is 3.72. The fourth-order valence-electron chi connectivity index (χ4n) is 3.72. The summed E-state index contributed by atoms with van der Waals surface area (Å²) in [6, 6.07) is 16.3. The third-order valence-corrected chi connectivity index (χ3v) is 5.00. The minimum absolute atomic E-state index is 0.179. The molecule has 3 atom stereocenters. The van der Waals surface area contributed by atoms with Crippen molar-refractivity contribution < 1.29 is 19.2 Å². The number of hydroxylamine groups is 1. The minimum Gasteiger partial charge on any atom is -0.497 e. The van der Waals surface area contributed by atoms with E-state index in [-0.39, 0.29) is 17.9 Å². The van der Waals surface area contributed by atoms with E-state index in [1.54, 1.807) is 36.4 Å². The van der Waals surface area contributed by atoms with E-state index in [2.05, 4.69) is 0 Å². The van der Waals surface area contributed by atoms with Crippen molar-refractivity contribution in [1.29, 1.82) is 0 Å². The number of hydrogen-bond acceptors (Lipinski definition) is 5.